The van der Waals surface area contributed by atoms with E-state index in [9.17, 15) is 14.7 Å². The summed E-state index contributed by atoms with van der Waals surface area (Å²) in [7, 11) is 0. The smallest absolute Gasteiger partial charge is 0.301 e. The molecule has 1 aliphatic rings. The molecule has 1 atom stereocenters. The SMILES string of the molecule is CCOc1ccc(C(O)=C2C(=O)C(=O)N(c3nc4ccc(OCC)cc4s3)C2c2ccc(OCc3ccccc3)c(OCC)c2)cc1. The fourth-order valence-corrected chi connectivity index (χ4v) is 6.47. The summed E-state index contributed by atoms with van der Waals surface area (Å²) in [6.45, 7) is 7.32. The van der Waals surface area contributed by atoms with Crippen LogP contribution in [0, 0.1) is 0 Å². The number of fused-ring (bicyclic) bond motifs is 1. The van der Waals surface area contributed by atoms with Crippen LogP contribution in [0.4, 0.5) is 5.13 Å². The topological polar surface area (TPSA) is 107 Å². The van der Waals surface area contributed by atoms with E-state index in [1.165, 1.54) is 16.2 Å². The van der Waals surface area contributed by atoms with E-state index in [1.807, 2.05) is 69.3 Å². The number of anilines is 1. The highest BCUT2D eigenvalue weighted by atomic mass is 32.1. The predicted molar refractivity (Wildman–Crippen MR) is 182 cm³/mol. The van der Waals surface area contributed by atoms with Gasteiger partial charge in [0.15, 0.2) is 16.6 Å². The van der Waals surface area contributed by atoms with Crippen molar-refractivity contribution in [2.75, 3.05) is 24.7 Å². The minimum Gasteiger partial charge on any atom is -0.507 e. The van der Waals surface area contributed by atoms with Crippen molar-refractivity contribution in [1.29, 1.82) is 0 Å². The van der Waals surface area contributed by atoms with E-state index in [-0.39, 0.29) is 11.3 Å². The maximum Gasteiger partial charge on any atom is 0.301 e. The van der Waals surface area contributed by atoms with Crippen LogP contribution in [0.3, 0.4) is 0 Å². The second kappa shape index (κ2) is 14.0. The molecule has 9 nitrogen and oxygen atoms in total. The summed E-state index contributed by atoms with van der Waals surface area (Å²) in [5.74, 6) is 0.323. The van der Waals surface area contributed by atoms with Gasteiger partial charge in [-0.2, -0.15) is 0 Å². The number of thiazole rings is 1. The number of ketones is 1. The molecule has 1 aromatic heterocycles. The van der Waals surface area contributed by atoms with Crippen molar-refractivity contribution in [2.24, 2.45) is 0 Å². The third-order valence-electron chi connectivity index (χ3n) is 7.57. The Morgan fingerprint density at radius 2 is 1.49 bits per heavy atom. The minimum absolute atomic E-state index is 0.0613. The molecule has 1 aliphatic heterocycles. The molecule has 1 saturated heterocycles. The lowest BCUT2D eigenvalue weighted by atomic mass is 9.95. The summed E-state index contributed by atoms with van der Waals surface area (Å²) in [6, 6.07) is 26.3. The van der Waals surface area contributed by atoms with Crippen LogP contribution < -0.4 is 23.8 Å². The molecule has 1 N–H and O–H groups in total. The van der Waals surface area contributed by atoms with Crippen LogP contribution in [-0.4, -0.2) is 41.6 Å². The number of carbonyl (C=O) groups excluding carboxylic acids is 2. The second-order valence-electron chi connectivity index (χ2n) is 10.6. The number of ether oxygens (including phenoxy) is 4. The number of amides is 1. The zero-order valence-corrected chi connectivity index (χ0v) is 27.1. The third-order valence-corrected chi connectivity index (χ3v) is 8.59. The molecule has 4 aromatic carbocycles. The molecule has 1 fully saturated rings. The lowest BCUT2D eigenvalue weighted by Crippen LogP contribution is -2.29. The van der Waals surface area contributed by atoms with E-state index in [0.717, 1.165) is 10.3 Å². The van der Waals surface area contributed by atoms with Gasteiger partial charge in [0.1, 0.15) is 23.9 Å². The van der Waals surface area contributed by atoms with E-state index >= 15 is 0 Å². The number of aliphatic hydroxyl groups excluding tert-OH is 1. The Kier molecular flexibility index (Phi) is 9.40. The van der Waals surface area contributed by atoms with Gasteiger partial charge in [0.25, 0.3) is 5.78 Å². The molecular weight excluding hydrogens is 616 g/mol. The molecule has 2 heterocycles. The number of aliphatic hydroxyl groups is 1. The Bertz CT molecular complexity index is 1940. The Balaban J connectivity index is 1.47. The fraction of sp³-hybridized carbons (Fsp3) is 0.216. The van der Waals surface area contributed by atoms with Gasteiger partial charge < -0.3 is 24.1 Å². The first-order valence-corrected chi connectivity index (χ1v) is 16.2. The maximum absolute atomic E-state index is 13.9. The standard InChI is InChI=1S/C37H34N2O7S/c1-4-43-26-15-12-24(13-16-26)34(40)32-33(25-14-19-29(30(20-25)45-6-3)46-22-23-10-8-7-9-11-23)39(36(42)35(32)41)37-38-28-18-17-27(44-5-2)21-31(28)47-37/h7-21,33,40H,4-6,22H2,1-3H3. The van der Waals surface area contributed by atoms with Gasteiger partial charge in [-0.3, -0.25) is 14.5 Å². The average Bonchev–Trinajstić information content (AvgIpc) is 3.62. The van der Waals surface area contributed by atoms with Crippen molar-refractivity contribution in [1.82, 2.24) is 4.98 Å². The van der Waals surface area contributed by atoms with Gasteiger partial charge in [-0.15, -0.1) is 0 Å². The van der Waals surface area contributed by atoms with E-state index in [0.29, 0.717) is 71.2 Å². The summed E-state index contributed by atoms with van der Waals surface area (Å²) < 4.78 is 24.1. The van der Waals surface area contributed by atoms with Crippen LogP contribution in [-0.2, 0) is 16.2 Å². The van der Waals surface area contributed by atoms with Gasteiger partial charge in [-0.05, 0) is 86.5 Å². The first kappa shape index (κ1) is 31.6. The summed E-state index contributed by atoms with van der Waals surface area (Å²) in [5.41, 5.74) is 2.50. The van der Waals surface area contributed by atoms with Gasteiger partial charge >= 0.3 is 5.91 Å². The number of carbonyl (C=O) groups is 2. The number of nitrogens with zero attached hydrogens (tertiary/aromatic N) is 2. The monoisotopic (exact) mass is 650 g/mol. The molecule has 10 heteroatoms. The summed E-state index contributed by atoms with van der Waals surface area (Å²) in [5, 5.41) is 12.0. The van der Waals surface area contributed by atoms with Crippen LogP contribution in [0.1, 0.15) is 43.5 Å². The van der Waals surface area contributed by atoms with Crippen molar-refractivity contribution in [3.8, 4) is 23.0 Å². The van der Waals surface area contributed by atoms with Gasteiger partial charge in [0.2, 0.25) is 0 Å². The Morgan fingerprint density at radius 3 is 2.21 bits per heavy atom. The lowest BCUT2D eigenvalue weighted by molar-refractivity contribution is -0.132. The summed E-state index contributed by atoms with van der Waals surface area (Å²) in [6.07, 6.45) is 0. The van der Waals surface area contributed by atoms with Gasteiger partial charge in [0.05, 0.1) is 41.7 Å². The van der Waals surface area contributed by atoms with Crippen molar-refractivity contribution in [3.63, 3.8) is 0 Å². The van der Waals surface area contributed by atoms with Crippen molar-refractivity contribution >= 4 is 44.1 Å². The highest BCUT2D eigenvalue weighted by molar-refractivity contribution is 7.22. The van der Waals surface area contributed by atoms with Crippen LogP contribution >= 0.6 is 11.3 Å². The third kappa shape index (κ3) is 6.50. The number of rotatable bonds is 12. The fourth-order valence-electron chi connectivity index (χ4n) is 5.45. The average molecular weight is 651 g/mol. The number of hydrogen-bond donors (Lipinski definition) is 1. The number of hydrogen-bond acceptors (Lipinski definition) is 9. The number of Topliss-reactive ketones (excluding diaryl/α,β-unsaturated/α-hetero) is 1. The van der Waals surface area contributed by atoms with Gasteiger partial charge in [-0.1, -0.05) is 47.7 Å². The first-order valence-electron chi connectivity index (χ1n) is 15.4. The predicted octanol–water partition coefficient (Wildman–Crippen LogP) is 7.70. The van der Waals surface area contributed by atoms with E-state index in [2.05, 4.69) is 0 Å². The highest BCUT2D eigenvalue weighted by Gasteiger charge is 2.48. The Hall–Kier alpha value is -5.35. The molecule has 47 heavy (non-hydrogen) atoms. The summed E-state index contributed by atoms with van der Waals surface area (Å²) in [4.78, 5) is 33.8. The quantitative estimate of drug-likeness (QED) is 0.0832. The van der Waals surface area contributed by atoms with Gasteiger partial charge in [0, 0.05) is 5.56 Å². The minimum atomic E-state index is -1.00. The normalized spacial score (nSPS) is 15.6. The Labute approximate surface area is 276 Å². The van der Waals surface area contributed by atoms with Crippen LogP contribution in [0.15, 0.2) is 96.6 Å². The molecule has 240 valence electrons. The van der Waals surface area contributed by atoms with E-state index in [4.69, 9.17) is 23.9 Å². The molecule has 0 saturated carbocycles. The molecule has 5 aromatic rings. The van der Waals surface area contributed by atoms with E-state index in [1.54, 1.807) is 42.5 Å². The lowest BCUT2D eigenvalue weighted by Gasteiger charge is -2.24. The molecule has 0 spiro atoms. The zero-order valence-electron chi connectivity index (χ0n) is 26.3. The highest BCUT2D eigenvalue weighted by Crippen LogP contribution is 2.46. The van der Waals surface area contributed by atoms with Crippen molar-refractivity contribution in [2.45, 2.75) is 33.4 Å². The summed E-state index contributed by atoms with van der Waals surface area (Å²) >= 11 is 1.26. The molecular formula is C37H34N2O7S. The largest absolute Gasteiger partial charge is 0.507 e. The van der Waals surface area contributed by atoms with Crippen molar-refractivity contribution < 1.29 is 33.6 Å². The Morgan fingerprint density at radius 1 is 0.787 bits per heavy atom. The maximum atomic E-state index is 13.9. The molecule has 0 radical (unpaired) electrons. The number of benzene rings is 4. The molecule has 6 rings (SSSR count). The van der Waals surface area contributed by atoms with Crippen LogP contribution in [0.25, 0.3) is 16.0 Å². The molecule has 0 aliphatic carbocycles. The first-order chi connectivity index (χ1) is 22.9. The van der Waals surface area contributed by atoms with Crippen LogP contribution in [0.2, 0.25) is 0 Å². The van der Waals surface area contributed by atoms with Crippen molar-refractivity contribution in [3.05, 3.63) is 113 Å². The molecule has 1 unspecified atom stereocenters. The van der Waals surface area contributed by atoms with Gasteiger partial charge in [-0.25, -0.2) is 4.98 Å². The number of aromatic nitrogens is 1. The van der Waals surface area contributed by atoms with E-state index < -0.39 is 17.7 Å². The second-order valence-corrected chi connectivity index (χ2v) is 11.6. The zero-order chi connectivity index (χ0) is 32.9. The molecule has 0 bridgehead atoms. The van der Waals surface area contributed by atoms with Crippen LogP contribution in [0.5, 0.6) is 23.0 Å². The molecule has 1 amide bonds.